The summed E-state index contributed by atoms with van der Waals surface area (Å²) in [5.74, 6) is 0.789. The molecule has 0 unspecified atom stereocenters. The number of hydrogen-bond acceptors (Lipinski definition) is 3. The Balaban J connectivity index is 2.07. The lowest BCUT2D eigenvalue weighted by Gasteiger charge is -2.21. The number of rotatable bonds is 6. The quantitative estimate of drug-likeness (QED) is 0.868. The van der Waals surface area contributed by atoms with Crippen LogP contribution < -0.4 is 10.1 Å². The maximum Gasteiger partial charge on any atom is 0.272 e. The van der Waals surface area contributed by atoms with Crippen molar-refractivity contribution in [1.29, 1.82) is 0 Å². The highest BCUT2D eigenvalue weighted by molar-refractivity contribution is 5.36. The van der Waals surface area contributed by atoms with E-state index in [-0.39, 0.29) is 5.54 Å². The Hall–Kier alpha value is -1.23. The molecule has 20 heavy (non-hydrogen) atoms. The molecule has 1 fully saturated rings. The first-order chi connectivity index (χ1) is 9.35. The van der Waals surface area contributed by atoms with E-state index < -0.39 is 13.0 Å². The predicted octanol–water partition coefficient (Wildman–Crippen LogP) is 3.49. The Bertz CT molecular complexity index is 454. The zero-order valence-corrected chi connectivity index (χ0v) is 12.2. The molecule has 0 bridgehead atoms. The smallest absolute Gasteiger partial charge is 0.272 e. The Kier molecular flexibility index (Phi) is 4.58. The summed E-state index contributed by atoms with van der Waals surface area (Å²) in [6, 6.07) is 2.03. The third-order valence-electron chi connectivity index (χ3n) is 3.12. The number of halogens is 2. The van der Waals surface area contributed by atoms with Gasteiger partial charge in [0.05, 0.1) is 0 Å². The molecule has 0 radical (unpaired) electrons. The van der Waals surface area contributed by atoms with Crippen LogP contribution in [-0.2, 0) is 6.54 Å². The average Bonchev–Trinajstić information content (AvgIpc) is 3.17. The zero-order chi connectivity index (χ0) is 14.8. The van der Waals surface area contributed by atoms with Crippen molar-refractivity contribution >= 4 is 0 Å². The Morgan fingerprint density at radius 3 is 2.65 bits per heavy atom. The van der Waals surface area contributed by atoms with E-state index in [2.05, 4.69) is 31.1 Å². The molecule has 0 spiro atoms. The van der Waals surface area contributed by atoms with Gasteiger partial charge in [0.15, 0.2) is 6.61 Å². The maximum absolute atomic E-state index is 12.2. The lowest BCUT2D eigenvalue weighted by molar-refractivity contribution is 0.0790. The van der Waals surface area contributed by atoms with Gasteiger partial charge < -0.3 is 10.1 Å². The van der Waals surface area contributed by atoms with Crippen LogP contribution in [0.3, 0.4) is 0 Å². The number of hydrogen-bond donors (Lipinski definition) is 1. The minimum atomic E-state index is -2.47. The molecule has 0 aromatic carbocycles. The second-order valence-electron chi connectivity index (χ2n) is 6.32. The van der Waals surface area contributed by atoms with Crippen LogP contribution in [0.5, 0.6) is 5.88 Å². The van der Waals surface area contributed by atoms with Crippen molar-refractivity contribution in [3.63, 3.8) is 0 Å². The summed E-state index contributed by atoms with van der Waals surface area (Å²) in [5.41, 5.74) is 2.06. The van der Waals surface area contributed by atoms with E-state index in [1.165, 1.54) is 0 Å². The molecule has 1 heterocycles. The molecule has 0 amide bonds. The fourth-order valence-electron chi connectivity index (χ4n) is 1.93. The van der Waals surface area contributed by atoms with Crippen LogP contribution in [0.25, 0.3) is 0 Å². The summed E-state index contributed by atoms with van der Waals surface area (Å²) in [6.45, 7) is 6.42. The third kappa shape index (κ3) is 4.71. The Morgan fingerprint density at radius 2 is 2.10 bits per heavy atom. The molecule has 0 saturated heterocycles. The topological polar surface area (TPSA) is 34.2 Å². The molecular weight excluding hydrogens is 262 g/mol. The number of nitrogens with zero attached hydrogens (tertiary/aromatic N) is 1. The van der Waals surface area contributed by atoms with Crippen LogP contribution >= 0.6 is 0 Å². The number of nitrogens with one attached hydrogen (secondary N) is 1. The molecule has 1 aromatic rings. The maximum atomic E-state index is 12.2. The van der Waals surface area contributed by atoms with Gasteiger partial charge in [0.1, 0.15) is 0 Å². The first-order valence-electron chi connectivity index (χ1n) is 7.00. The molecule has 3 nitrogen and oxygen atoms in total. The van der Waals surface area contributed by atoms with Gasteiger partial charge in [-0.15, -0.1) is 0 Å². The highest BCUT2D eigenvalue weighted by atomic mass is 19.3. The molecule has 1 saturated carbocycles. The lowest BCUT2D eigenvalue weighted by atomic mass is 10.1. The van der Waals surface area contributed by atoms with Gasteiger partial charge in [0.2, 0.25) is 5.88 Å². The largest absolute Gasteiger partial charge is 0.471 e. The van der Waals surface area contributed by atoms with Crippen LogP contribution in [0.4, 0.5) is 8.78 Å². The van der Waals surface area contributed by atoms with Crippen LogP contribution in [0.1, 0.15) is 50.7 Å². The van der Waals surface area contributed by atoms with E-state index in [1.54, 1.807) is 6.20 Å². The number of aromatic nitrogens is 1. The van der Waals surface area contributed by atoms with E-state index >= 15 is 0 Å². The van der Waals surface area contributed by atoms with Crippen molar-refractivity contribution in [2.24, 2.45) is 0 Å². The standard InChI is InChI=1S/C15H22F2N2O/c1-15(2,3)19-8-10-6-12(11-4-5-11)14(18-7-10)20-9-13(16)17/h6-7,11,13,19H,4-5,8-9H2,1-3H3. The molecule has 1 aromatic heterocycles. The monoisotopic (exact) mass is 284 g/mol. The van der Waals surface area contributed by atoms with Crippen LogP contribution in [0, 0.1) is 0 Å². The van der Waals surface area contributed by atoms with Crippen molar-refractivity contribution in [3.05, 3.63) is 23.4 Å². The normalized spacial score (nSPS) is 15.7. The van der Waals surface area contributed by atoms with Gasteiger partial charge in [0.25, 0.3) is 6.43 Å². The van der Waals surface area contributed by atoms with Crippen LogP contribution in [0.15, 0.2) is 12.3 Å². The molecule has 1 aliphatic carbocycles. The van der Waals surface area contributed by atoms with Crippen LogP contribution in [-0.4, -0.2) is 23.6 Å². The van der Waals surface area contributed by atoms with Gasteiger partial charge in [-0.2, -0.15) is 0 Å². The average molecular weight is 284 g/mol. The van der Waals surface area contributed by atoms with Crippen molar-refractivity contribution in [3.8, 4) is 5.88 Å². The molecule has 5 heteroatoms. The van der Waals surface area contributed by atoms with Gasteiger partial charge in [-0.05, 0) is 51.2 Å². The molecule has 0 atom stereocenters. The molecule has 112 valence electrons. The fraction of sp³-hybridized carbons (Fsp3) is 0.667. The van der Waals surface area contributed by atoms with E-state index in [4.69, 9.17) is 4.74 Å². The summed E-state index contributed by atoms with van der Waals surface area (Å²) in [6.07, 6.45) is 1.41. The van der Waals surface area contributed by atoms with E-state index in [0.29, 0.717) is 18.3 Å². The third-order valence-corrected chi connectivity index (χ3v) is 3.12. The zero-order valence-electron chi connectivity index (χ0n) is 12.2. The van der Waals surface area contributed by atoms with Gasteiger partial charge in [-0.1, -0.05) is 0 Å². The van der Waals surface area contributed by atoms with Gasteiger partial charge in [0, 0.05) is 23.8 Å². The molecule has 1 aliphatic rings. The van der Waals surface area contributed by atoms with Gasteiger partial charge in [-0.3, -0.25) is 0 Å². The van der Waals surface area contributed by atoms with Crippen molar-refractivity contribution in [2.75, 3.05) is 6.61 Å². The molecular formula is C15H22F2N2O. The first kappa shape index (κ1) is 15.2. The summed E-state index contributed by atoms with van der Waals surface area (Å²) in [5, 5.41) is 3.39. The summed E-state index contributed by atoms with van der Waals surface area (Å²) in [7, 11) is 0. The minimum absolute atomic E-state index is 0.0323. The van der Waals surface area contributed by atoms with Gasteiger partial charge >= 0.3 is 0 Å². The second kappa shape index (κ2) is 6.04. The molecule has 1 N–H and O–H groups in total. The number of ether oxygens (including phenoxy) is 1. The minimum Gasteiger partial charge on any atom is -0.471 e. The van der Waals surface area contributed by atoms with E-state index in [9.17, 15) is 8.78 Å². The second-order valence-corrected chi connectivity index (χ2v) is 6.32. The fourth-order valence-corrected chi connectivity index (χ4v) is 1.93. The Labute approximate surface area is 118 Å². The first-order valence-corrected chi connectivity index (χ1v) is 7.00. The molecule has 0 aliphatic heterocycles. The highest BCUT2D eigenvalue weighted by Gasteiger charge is 2.28. The van der Waals surface area contributed by atoms with E-state index in [1.807, 2.05) is 6.07 Å². The van der Waals surface area contributed by atoms with Crippen molar-refractivity contribution in [2.45, 2.75) is 58.0 Å². The summed E-state index contributed by atoms with van der Waals surface area (Å²) in [4.78, 5) is 4.22. The van der Waals surface area contributed by atoms with Gasteiger partial charge in [-0.25, -0.2) is 13.8 Å². The molecule has 2 rings (SSSR count). The lowest BCUT2D eigenvalue weighted by Crippen LogP contribution is -2.35. The highest BCUT2D eigenvalue weighted by Crippen LogP contribution is 2.43. The number of pyridine rings is 1. The SMILES string of the molecule is CC(C)(C)NCc1cnc(OCC(F)F)c(C2CC2)c1. The summed E-state index contributed by atoms with van der Waals surface area (Å²) >= 11 is 0. The predicted molar refractivity (Wildman–Crippen MR) is 74.3 cm³/mol. The van der Waals surface area contributed by atoms with E-state index in [0.717, 1.165) is 24.0 Å². The summed E-state index contributed by atoms with van der Waals surface area (Å²) < 4.78 is 29.6. The Morgan fingerprint density at radius 1 is 1.40 bits per heavy atom. The van der Waals surface area contributed by atoms with Crippen LogP contribution in [0.2, 0.25) is 0 Å². The van der Waals surface area contributed by atoms with Crippen molar-refractivity contribution in [1.82, 2.24) is 10.3 Å². The number of alkyl halides is 2. The van der Waals surface area contributed by atoms with Crippen molar-refractivity contribution < 1.29 is 13.5 Å².